The standard InChI is InChI=1S/C25H20N2O3S2/c1-30-20-12-8-11-19(15-20)25-22(16-26)31-23(24(25)18-9-4-2-5-10-18)17-27-32(28,29)21-13-6-3-7-14-21/h2-15,27H,17H2,1H3. The van der Waals surface area contributed by atoms with Gasteiger partial charge in [-0.15, -0.1) is 11.3 Å². The second-order valence-corrected chi connectivity index (χ2v) is 9.82. The summed E-state index contributed by atoms with van der Waals surface area (Å²) in [5, 5.41) is 9.89. The maximum Gasteiger partial charge on any atom is 0.240 e. The van der Waals surface area contributed by atoms with E-state index in [9.17, 15) is 13.7 Å². The van der Waals surface area contributed by atoms with Crippen molar-refractivity contribution in [1.82, 2.24) is 4.72 Å². The van der Waals surface area contributed by atoms with E-state index in [1.54, 1.807) is 37.4 Å². The molecule has 1 N–H and O–H groups in total. The van der Waals surface area contributed by atoms with Crippen LogP contribution < -0.4 is 9.46 Å². The number of hydrogen-bond donors (Lipinski definition) is 1. The second-order valence-electron chi connectivity index (χ2n) is 6.95. The van der Waals surface area contributed by atoms with E-state index < -0.39 is 10.0 Å². The van der Waals surface area contributed by atoms with Crippen LogP contribution in [0.5, 0.6) is 5.75 Å². The van der Waals surface area contributed by atoms with Gasteiger partial charge >= 0.3 is 0 Å². The van der Waals surface area contributed by atoms with E-state index in [4.69, 9.17) is 4.74 Å². The van der Waals surface area contributed by atoms with Crippen LogP contribution in [0.1, 0.15) is 9.75 Å². The highest BCUT2D eigenvalue weighted by atomic mass is 32.2. The summed E-state index contributed by atoms with van der Waals surface area (Å²) >= 11 is 1.30. The maximum atomic E-state index is 12.8. The van der Waals surface area contributed by atoms with Crippen molar-refractivity contribution in [2.24, 2.45) is 0 Å². The number of hydrogen-bond acceptors (Lipinski definition) is 5. The van der Waals surface area contributed by atoms with Crippen LogP contribution in [-0.4, -0.2) is 15.5 Å². The van der Waals surface area contributed by atoms with E-state index >= 15 is 0 Å². The Morgan fingerprint density at radius 2 is 1.56 bits per heavy atom. The van der Waals surface area contributed by atoms with Gasteiger partial charge in [-0.3, -0.25) is 0 Å². The fourth-order valence-electron chi connectivity index (χ4n) is 3.49. The molecule has 0 aliphatic heterocycles. The van der Waals surface area contributed by atoms with Crippen LogP contribution >= 0.6 is 11.3 Å². The van der Waals surface area contributed by atoms with Crippen LogP contribution in [0.4, 0.5) is 0 Å². The Hall–Kier alpha value is -3.44. The fourth-order valence-corrected chi connectivity index (χ4v) is 5.68. The number of rotatable bonds is 7. The molecule has 0 aliphatic rings. The van der Waals surface area contributed by atoms with E-state index in [-0.39, 0.29) is 11.4 Å². The molecule has 7 heteroatoms. The van der Waals surface area contributed by atoms with Crippen molar-refractivity contribution in [3.05, 3.63) is 94.7 Å². The summed E-state index contributed by atoms with van der Waals surface area (Å²) in [5.41, 5.74) is 3.37. The number of sulfonamides is 1. The quantitative estimate of drug-likeness (QED) is 0.398. The summed E-state index contributed by atoms with van der Waals surface area (Å²) in [4.78, 5) is 1.49. The molecule has 4 aromatic rings. The third kappa shape index (κ3) is 4.43. The molecule has 0 atom stereocenters. The molecular formula is C25H20N2O3S2. The molecule has 3 aromatic carbocycles. The Bertz CT molecular complexity index is 1370. The first kappa shape index (κ1) is 21.8. The van der Waals surface area contributed by atoms with Gasteiger partial charge in [0.25, 0.3) is 0 Å². The lowest BCUT2D eigenvalue weighted by Crippen LogP contribution is -2.23. The highest BCUT2D eigenvalue weighted by molar-refractivity contribution is 7.89. The minimum absolute atomic E-state index is 0.0742. The van der Waals surface area contributed by atoms with Crippen molar-refractivity contribution in [2.75, 3.05) is 7.11 Å². The van der Waals surface area contributed by atoms with Gasteiger partial charge in [0, 0.05) is 22.5 Å². The fraction of sp³-hybridized carbons (Fsp3) is 0.0800. The zero-order chi connectivity index (χ0) is 22.6. The second kappa shape index (κ2) is 9.37. The van der Waals surface area contributed by atoms with Gasteiger partial charge in [0.05, 0.1) is 12.0 Å². The van der Waals surface area contributed by atoms with Crippen LogP contribution in [0, 0.1) is 11.3 Å². The van der Waals surface area contributed by atoms with E-state index in [2.05, 4.69) is 10.8 Å². The van der Waals surface area contributed by atoms with Gasteiger partial charge in [0.1, 0.15) is 16.7 Å². The van der Waals surface area contributed by atoms with Crippen LogP contribution in [0.2, 0.25) is 0 Å². The van der Waals surface area contributed by atoms with Crippen LogP contribution in [0.3, 0.4) is 0 Å². The Labute approximate surface area is 191 Å². The number of nitrogens with zero attached hydrogens (tertiary/aromatic N) is 1. The van der Waals surface area contributed by atoms with Crippen molar-refractivity contribution < 1.29 is 13.2 Å². The average Bonchev–Trinajstić information content (AvgIpc) is 3.22. The summed E-state index contributed by atoms with van der Waals surface area (Å²) < 4.78 is 33.6. The average molecular weight is 461 g/mol. The maximum absolute atomic E-state index is 12.8. The monoisotopic (exact) mass is 460 g/mol. The van der Waals surface area contributed by atoms with E-state index in [0.29, 0.717) is 10.6 Å². The zero-order valence-corrected chi connectivity index (χ0v) is 18.9. The zero-order valence-electron chi connectivity index (χ0n) is 17.3. The molecule has 5 nitrogen and oxygen atoms in total. The summed E-state index contributed by atoms with van der Waals surface area (Å²) in [6, 6.07) is 27.8. The summed E-state index contributed by atoms with van der Waals surface area (Å²) in [5.74, 6) is 0.683. The molecule has 0 saturated carbocycles. The topological polar surface area (TPSA) is 79.2 Å². The predicted molar refractivity (Wildman–Crippen MR) is 127 cm³/mol. The Kier molecular flexibility index (Phi) is 6.37. The molecule has 160 valence electrons. The van der Waals surface area contributed by atoms with Crippen molar-refractivity contribution in [1.29, 1.82) is 5.26 Å². The molecule has 1 aromatic heterocycles. The Morgan fingerprint density at radius 3 is 2.22 bits per heavy atom. The van der Waals surface area contributed by atoms with Gasteiger partial charge < -0.3 is 4.74 Å². The van der Waals surface area contributed by atoms with Gasteiger partial charge in [0.2, 0.25) is 10.0 Å². The number of methoxy groups -OCH3 is 1. The number of nitriles is 1. The van der Waals surface area contributed by atoms with Crippen LogP contribution in [0.25, 0.3) is 22.3 Å². The first-order valence-corrected chi connectivity index (χ1v) is 12.1. The first-order chi connectivity index (χ1) is 15.5. The number of benzene rings is 3. The largest absolute Gasteiger partial charge is 0.497 e. The van der Waals surface area contributed by atoms with Crippen LogP contribution in [-0.2, 0) is 16.6 Å². The van der Waals surface area contributed by atoms with Gasteiger partial charge in [-0.05, 0) is 35.4 Å². The highest BCUT2D eigenvalue weighted by Gasteiger charge is 2.23. The minimum Gasteiger partial charge on any atom is -0.497 e. The molecule has 1 heterocycles. The molecule has 0 spiro atoms. The molecule has 0 saturated heterocycles. The number of thiophene rings is 1. The SMILES string of the molecule is COc1cccc(-c2c(C#N)sc(CNS(=O)(=O)c3ccccc3)c2-c2ccccc2)c1. The van der Waals surface area contributed by atoms with Gasteiger partial charge in [-0.1, -0.05) is 60.7 Å². The lowest BCUT2D eigenvalue weighted by molar-refractivity contribution is 0.415. The molecule has 0 bridgehead atoms. The van der Waals surface area contributed by atoms with Gasteiger partial charge in [-0.25, -0.2) is 13.1 Å². The van der Waals surface area contributed by atoms with Crippen molar-refractivity contribution >= 4 is 21.4 Å². The van der Waals surface area contributed by atoms with Gasteiger partial charge in [-0.2, -0.15) is 5.26 Å². The van der Waals surface area contributed by atoms with Gasteiger partial charge in [0.15, 0.2) is 0 Å². The Balaban J connectivity index is 1.83. The number of nitrogens with one attached hydrogen (secondary N) is 1. The normalized spacial score (nSPS) is 11.1. The molecule has 4 rings (SSSR count). The molecular weight excluding hydrogens is 440 g/mol. The minimum atomic E-state index is -3.69. The third-order valence-electron chi connectivity index (χ3n) is 4.98. The molecule has 0 radical (unpaired) electrons. The predicted octanol–water partition coefficient (Wildman–Crippen LogP) is 5.44. The third-order valence-corrected chi connectivity index (χ3v) is 7.49. The summed E-state index contributed by atoms with van der Waals surface area (Å²) in [6.45, 7) is 0.0742. The molecule has 0 unspecified atom stereocenters. The lowest BCUT2D eigenvalue weighted by atomic mass is 9.95. The first-order valence-electron chi connectivity index (χ1n) is 9.84. The molecule has 0 aliphatic carbocycles. The van der Waals surface area contributed by atoms with E-state index in [0.717, 1.165) is 27.1 Å². The lowest BCUT2D eigenvalue weighted by Gasteiger charge is -2.11. The van der Waals surface area contributed by atoms with E-state index in [1.807, 2.05) is 54.6 Å². The van der Waals surface area contributed by atoms with Crippen LogP contribution in [0.15, 0.2) is 89.8 Å². The highest BCUT2D eigenvalue weighted by Crippen LogP contribution is 2.43. The molecule has 0 fully saturated rings. The summed E-state index contributed by atoms with van der Waals surface area (Å²) in [6.07, 6.45) is 0. The number of ether oxygens (including phenoxy) is 1. The van der Waals surface area contributed by atoms with Crippen molar-refractivity contribution in [2.45, 2.75) is 11.4 Å². The van der Waals surface area contributed by atoms with Crippen molar-refractivity contribution in [3.8, 4) is 34.1 Å². The molecule has 32 heavy (non-hydrogen) atoms. The van der Waals surface area contributed by atoms with E-state index in [1.165, 1.54) is 11.3 Å². The smallest absolute Gasteiger partial charge is 0.240 e. The van der Waals surface area contributed by atoms with Crippen molar-refractivity contribution in [3.63, 3.8) is 0 Å². The summed E-state index contributed by atoms with van der Waals surface area (Å²) in [7, 11) is -2.09. The Morgan fingerprint density at radius 1 is 0.906 bits per heavy atom. The molecule has 0 amide bonds.